The van der Waals surface area contributed by atoms with E-state index in [0.29, 0.717) is 11.4 Å². The van der Waals surface area contributed by atoms with Crippen LogP contribution in [0.5, 0.6) is 0 Å². The second kappa shape index (κ2) is 7.63. The van der Waals surface area contributed by atoms with Gasteiger partial charge >= 0.3 is 0 Å². The number of aliphatic hydroxyl groups excluding tert-OH is 2. The number of amides is 1. The van der Waals surface area contributed by atoms with E-state index in [4.69, 9.17) is 5.11 Å². The molecule has 1 aromatic carbocycles. The Morgan fingerprint density at radius 2 is 1.86 bits per heavy atom. The lowest BCUT2D eigenvalue weighted by molar-refractivity contribution is 0.0802. The van der Waals surface area contributed by atoms with Crippen molar-refractivity contribution in [1.29, 1.82) is 0 Å². The van der Waals surface area contributed by atoms with Crippen molar-refractivity contribution in [1.82, 2.24) is 15.3 Å². The molecule has 2 aromatic rings. The van der Waals surface area contributed by atoms with E-state index in [2.05, 4.69) is 15.3 Å². The topological polar surface area (TPSA) is 95.3 Å². The third-order valence-electron chi connectivity index (χ3n) is 3.23. The highest BCUT2D eigenvalue weighted by atomic mass is 16.3. The van der Waals surface area contributed by atoms with Gasteiger partial charge in [0.15, 0.2) is 5.82 Å². The number of nitrogens with one attached hydrogen (secondary N) is 1. The fourth-order valence-corrected chi connectivity index (χ4v) is 1.83. The predicted molar refractivity (Wildman–Crippen MR) is 82.3 cm³/mol. The third-order valence-corrected chi connectivity index (χ3v) is 3.23. The van der Waals surface area contributed by atoms with Crippen molar-refractivity contribution in [2.75, 3.05) is 13.2 Å². The summed E-state index contributed by atoms with van der Waals surface area (Å²) in [6, 6.07) is 6.90. The monoisotopic (exact) mass is 301 g/mol. The van der Waals surface area contributed by atoms with Crippen molar-refractivity contribution in [3.8, 4) is 11.4 Å². The number of aryl methyl sites for hydroxylation is 1. The van der Waals surface area contributed by atoms with Gasteiger partial charge in [0.2, 0.25) is 0 Å². The van der Waals surface area contributed by atoms with Gasteiger partial charge in [-0.25, -0.2) is 9.97 Å². The average molecular weight is 301 g/mol. The lowest BCUT2D eigenvalue weighted by Crippen LogP contribution is -2.33. The van der Waals surface area contributed by atoms with Gasteiger partial charge in [-0.2, -0.15) is 0 Å². The number of hydrogen-bond donors (Lipinski definition) is 3. The Balaban J connectivity index is 2.04. The van der Waals surface area contributed by atoms with E-state index in [1.807, 2.05) is 6.92 Å². The average Bonchev–Trinajstić information content (AvgIpc) is 2.59. The Kier molecular flexibility index (Phi) is 5.57. The molecule has 1 heterocycles. The van der Waals surface area contributed by atoms with Crippen molar-refractivity contribution in [3.05, 3.63) is 47.8 Å². The minimum atomic E-state index is -0.950. The predicted octanol–water partition coefficient (Wildman–Crippen LogP) is 0.789. The highest BCUT2D eigenvalue weighted by Gasteiger charge is 2.09. The summed E-state index contributed by atoms with van der Waals surface area (Å²) in [5, 5.41) is 20.5. The molecule has 1 aromatic heterocycles. The van der Waals surface area contributed by atoms with Crippen molar-refractivity contribution >= 4 is 5.91 Å². The second-order valence-corrected chi connectivity index (χ2v) is 4.89. The minimum absolute atomic E-state index is 0.0126. The van der Waals surface area contributed by atoms with Gasteiger partial charge < -0.3 is 15.5 Å². The quantitative estimate of drug-likeness (QED) is 0.733. The number of hydrogen-bond acceptors (Lipinski definition) is 5. The lowest BCUT2D eigenvalue weighted by atomic mass is 10.1. The minimum Gasteiger partial charge on any atom is -0.394 e. The van der Waals surface area contributed by atoms with Crippen LogP contribution < -0.4 is 5.32 Å². The fraction of sp³-hybridized carbons (Fsp3) is 0.312. The van der Waals surface area contributed by atoms with E-state index in [-0.39, 0.29) is 19.1 Å². The molecular formula is C16H19N3O3. The SMILES string of the molecule is CCc1cnc(-c2ccc(C(=O)NC[C@@H](O)CO)cc2)nc1. The van der Waals surface area contributed by atoms with Gasteiger partial charge in [0.25, 0.3) is 5.91 Å². The van der Waals surface area contributed by atoms with E-state index >= 15 is 0 Å². The van der Waals surface area contributed by atoms with Gasteiger partial charge in [0, 0.05) is 30.1 Å². The number of benzene rings is 1. The summed E-state index contributed by atoms with van der Waals surface area (Å²) in [6.07, 6.45) is 3.52. The number of rotatable bonds is 6. The molecule has 0 fully saturated rings. The van der Waals surface area contributed by atoms with E-state index in [9.17, 15) is 9.90 Å². The Labute approximate surface area is 128 Å². The Morgan fingerprint density at radius 1 is 1.23 bits per heavy atom. The maximum atomic E-state index is 11.9. The van der Waals surface area contributed by atoms with E-state index in [0.717, 1.165) is 17.5 Å². The highest BCUT2D eigenvalue weighted by molar-refractivity contribution is 5.94. The standard InChI is InChI=1S/C16H19N3O3/c1-2-11-7-17-15(18-8-11)12-3-5-13(6-4-12)16(22)19-9-14(21)10-20/h3-8,14,20-21H,2,9-10H2,1H3,(H,19,22)/t14-/m1/s1. The van der Waals surface area contributed by atoms with Crippen LogP contribution in [0.15, 0.2) is 36.7 Å². The van der Waals surface area contributed by atoms with Crippen molar-refractivity contribution < 1.29 is 15.0 Å². The van der Waals surface area contributed by atoms with Gasteiger partial charge in [0.05, 0.1) is 12.7 Å². The summed E-state index contributed by atoms with van der Waals surface area (Å²) >= 11 is 0. The molecule has 1 amide bonds. The number of aliphatic hydroxyl groups is 2. The molecule has 0 unspecified atom stereocenters. The molecule has 0 saturated carbocycles. The molecule has 6 nitrogen and oxygen atoms in total. The molecule has 0 aliphatic rings. The van der Waals surface area contributed by atoms with Crippen LogP contribution in [0, 0.1) is 0 Å². The van der Waals surface area contributed by atoms with E-state index in [1.54, 1.807) is 36.7 Å². The van der Waals surface area contributed by atoms with Gasteiger partial charge in [-0.05, 0) is 24.1 Å². The van der Waals surface area contributed by atoms with Crippen LogP contribution in [0.4, 0.5) is 0 Å². The summed E-state index contributed by atoms with van der Waals surface area (Å²) in [6.45, 7) is 1.67. The molecule has 1 atom stereocenters. The first kappa shape index (κ1) is 16.1. The fourth-order valence-electron chi connectivity index (χ4n) is 1.83. The highest BCUT2D eigenvalue weighted by Crippen LogP contribution is 2.15. The molecule has 22 heavy (non-hydrogen) atoms. The first-order valence-electron chi connectivity index (χ1n) is 7.12. The Bertz CT molecular complexity index is 612. The van der Waals surface area contributed by atoms with E-state index < -0.39 is 6.10 Å². The van der Waals surface area contributed by atoms with Crippen LogP contribution in [0.25, 0.3) is 11.4 Å². The number of carbonyl (C=O) groups is 1. The zero-order valence-electron chi connectivity index (χ0n) is 12.4. The summed E-state index contributed by atoms with van der Waals surface area (Å²) in [5.41, 5.74) is 2.37. The zero-order chi connectivity index (χ0) is 15.9. The first-order chi connectivity index (χ1) is 10.6. The van der Waals surface area contributed by atoms with Gasteiger partial charge in [-0.3, -0.25) is 4.79 Å². The van der Waals surface area contributed by atoms with Crippen molar-refractivity contribution in [3.63, 3.8) is 0 Å². The van der Waals surface area contributed by atoms with Gasteiger partial charge in [0.1, 0.15) is 0 Å². The summed E-state index contributed by atoms with van der Waals surface area (Å²) in [7, 11) is 0. The Hall–Kier alpha value is -2.31. The molecule has 3 N–H and O–H groups in total. The van der Waals surface area contributed by atoms with E-state index in [1.165, 1.54) is 0 Å². The van der Waals surface area contributed by atoms with Crippen LogP contribution >= 0.6 is 0 Å². The van der Waals surface area contributed by atoms with Crippen molar-refractivity contribution in [2.45, 2.75) is 19.4 Å². The summed E-state index contributed by atoms with van der Waals surface area (Å²) in [5.74, 6) is 0.307. The third kappa shape index (κ3) is 4.09. The van der Waals surface area contributed by atoms with Gasteiger partial charge in [-0.15, -0.1) is 0 Å². The second-order valence-electron chi connectivity index (χ2n) is 4.89. The van der Waals surface area contributed by atoms with Crippen LogP contribution in [-0.2, 0) is 6.42 Å². The molecule has 0 spiro atoms. The first-order valence-corrected chi connectivity index (χ1v) is 7.12. The maximum Gasteiger partial charge on any atom is 0.251 e. The largest absolute Gasteiger partial charge is 0.394 e. The molecular weight excluding hydrogens is 282 g/mol. The number of aromatic nitrogens is 2. The lowest BCUT2D eigenvalue weighted by Gasteiger charge is -2.09. The zero-order valence-corrected chi connectivity index (χ0v) is 12.4. The number of nitrogens with zero attached hydrogens (tertiary/aromatic N) is 2. The molecule has 0 radical (unpaired) electrons. The molecule has 0 saturated heterocycles. The smallest absolute Gasteiger partial charge is 0.251 e. The summed E-state index contributed by atoms with van der Waals surface area (Å²) in [4.78, 5) is 20.4. The number of carbonyl (C=O) groups excluding carboxylic acids is 1. The molecule has 0 bridgehead atoms. The molecule has 0 aliphatic heterocycles. The van der Waals surface area contributed by atoms with Crippen LogP contribution in [0.1, 0.15) is 22.8 Å². The molecule has 116 valence electrons. The molecule has 6 heteroatoms. The van der Waals surface area contributed by atoms with Crippen molar-refractivity contribution in [2.24, 2.45) is 0 Å². The molecule has 0 aliphatic carbocycles. The summed E-state index contributed by atoms with van der Waals surface area (Å²) < 4.78 is 0. The Morgan fingerprint density at radius 3 is 2.41 bits per heavy atom. The molecule has 2 rings (SSSR count). The maximum absolute atomic E-state index is 11.9. The van der Waals surface area contributed by atoms with Gasteiger partial charge in [-0.1, -0.05) is 19.1 Å². The normalized spacial score (nSPS) is 12.0. The van der Waals surface area contributed by atoms with Crippen LogP contribution in [0.3, 0.4) is 0 Å². The van der Waals surface area contributed by atoms with Crippen LogP contribution in [0.2, 0.25) is 0 Å². The van der Waals surface area contributed by atoms with Crippen LogP contribution in [-0.4, -0.2) is 45.3 Å².